The molecule has 0 radical (unpaired) electrons. The quantitative estimate of drug-likeness (QED) is 0.779. The average Bonchev–Trinajstić information content (AvgIpc) is 2.26. The van der Waals surface area contributed by atoms with E-state index in [2.05, 4.69) is 26.0 Å². The fourth-order valence-electron chi connectivity index (χ4n) is 1.85. The zero-order chi connectivity index (χ0) is 11.7. The fraction of sp³-hybridized carbons (Fsp3) is 0.143. The second kappa shape index (κ2) is 6.53. The summed E-state index contributed by atoms with van der Waals surface area (Å²) in [5, 5.41) is 0. The van der Waals surface area contributed by atoms with Crippen molar-refractivity contribution in [3.8, 4) is 11.1 Å². The molecule has 0 heterocycles. The number of rotatable bonds is 1. The van der Waals surface area contributed by atoms with Crippen LogP contribution in [0.4, 0.5) is 11.4 Å². The van der Waals surface area contributed by atoms with Gasteiger partial charge in [0.2, 0.25) is 0 Å². The van der Waals surface area contributed by atoms with Crippen LogP contribution in [0.1, 0.15) is 11.1 Å². The molecular formula is C14H18Cl2N2. The van der Waals surface area contributed by atoms with E-state index in [1.165, 1.54) is 11.1 Å². The normalized spacial score (nSPS) is 9.22. The third kappa shape index (κ3) is 3.09. The molecule has 0 bridgehead atoms. The second-order valence-corrected chi connectivity index (χ2v) is 4.09. The lowest BCUT2D eigenvalue weighted by atomic mass is 9.96. The lowest BCUT2D eigenvalue weighted by Gasteiger charge is -2.11. The van der Waals surface area contributed by atoms with E-state index in [9.17, 15) is 0 Å². The highest BCUT2D eigenvalue weighted by Crippen LogP contribution is 2.31. The Morgan fingerprint density at radius 1 is 0.833 bits per heavy atom. The Balaban J connectivity index is 0.00000144. The van der Waals surface area contributed by atoms with Gasteiger partial charge < -0.3 is 11.5 Å². The molecule has 0 aliphatic rings. The van der Waals surface area contributed by atoms with Crippen LogP contribution in [-0.4, -0.2) is 0 Å². The summed E-state index contributed by atoms with van der Waals surface area (Å²) in [6.45, 7) is 4.20. The van der Waals surface area contributed by atoms with Crippen LogP contribution in [0.15, 0.2) is 36.4 Å². The number of nitrogens with two attached hydrogens (primary N) is 2. The SMILES string of the molecule is Cc1cccc(-c2cc(N)ccc2N)c1C.Cl.Cl. The maximum atomic E-state index is 5.98. The van der Waals surface area contributed by atoms with E-state index in [0.717, 1.165) is 22.5 Å². The van der Waals surface area contributed by atoms with Gasteiger partial charge in [-0.05, 0) is 48.7 Å². The van der Waals surface area contributed by atoms with Gasteiger partial charge in [0, 0.05) is 16.9 Å². The van der Waals surface area contributed by atoms with Crippen LogP contribution in [0.3, 0.4) is 0 Å². The molecule has 98 valence electrons. The molecule has 0 aliphatic carbocycles. The molecule has 0 amide bonds. The molecule has 2 aromatic rings. The molecular weight excluding hydrogens is 267 g/mol. The van der Waals surface area contributed by atoms with Crippen LogP contribution < -0.4 is 11.5 Å². The molecule has 0 aliphatic heterocycles. The van der Waals surface area contributed by atoms with Crippen molar-refractivity contribution in [3.05, 3.63) is 47.5 Å². The third-order valence-corrected chi connectivity index (χ3v) is 2.97. The van der Waals surface area contributed by atoms with E-state index in [0.29, 0.717) is 0 Å². The molecule has 2 aromatic carbocycles. The monoisotopic (exact) mass is 284 g/mol. The summed E-state index contributed by atoms with van der Waals surface area (Å²) in [5.41, 5.74) is 18.0. The predicted octanol–water partition coefficient (Wildman–Crippen LogP) is 3.98. The highest BCUT2D eigenvalue weighted by molar-refractivity contribution is 5.85. The first-order valence-corrected chi connectivity index (χ1v) is 5.31. The largest absolute Gasteiger partial charge is 0.399 e. The Morgan fingerprint density at radius 2 is 1.50 bits per heavy atom. The van der Waals surface area contributed by atoms with E-state index in [1.54, 1.807) is 0 Å². The molecule has 0 unspecified atom stereocenters. The molecule has 2 nitrogen and oxygen atoms in total. The lowest BCUT2D eigenvalue weighted by Crippen LogP contribution is -1.95. The number of benzene rings is 2. The van der Waals surface area contributed by atoms with E-state index >= 15 is 0 Å². The van der Waals surface area contributed by atoms with Crippen LogP contribution in [0.2, 0.25) is 0 Å². The third-order valence-electron chi connectivity index (χ3n) is 2.97. The first kappa shape index (κ1) is 16.6. The van der Waals surface area contributed by atoms with E-state index in [1.807, 2.05) is 24.3 Å². The summed E-state index contributed by atoms with van der Waals surface area (Å²) in [6, 6.07) is 11.8. The molecule has 0 fully saturated rings. The smallest absolute Gasteiger partial charge is 0.0395 e. The zero-order valence-corrected chi connectivity index (χ0v) is 12.1. The number of hydrogen-bond acceptors (Lipinski definition) is 2. The maximum absolute atomic E-state index is 5.98. The van der Waals surface area contributed by atoms with Gasteiger partial charge in [0.1, 0.15) is 0 Å². The van der Waals surface area contributed by atoms with E-state index in [-0.39, 0.29) is 24.8 Å². The number of halogens is 2. The summed E-state index contributed by atoms with van der Waals surface area (Å²) in [4.78, 5) is 0. The lowest BCUT2D eigenvalue weighted by molar-refractivity contribution is 1.34. The maximum Gasteiger partial charge on any atom is 0.0395 e. The van der Waals surface area contributed by atoms with Gasteiger partial charge >= 0.3 is 0 Å². The van der Waals surface area contributed by atoms with Crippen molar-refractivity contribution < 1.29 is 0 Å². The van der Waals surface area contributed by atoms with Gasteiger partial charge in [0.15, 0.2) is 0 Å². The van der Waals surface area contributed by atoms with Gasteiger partial charge in [-0.2, -0.15) is 0 Å². The Kier molecular flexibility index (Phi) is 6.02. The van der Waals surface area contributed by atoms with Crippen molar-refractivity contribution in [1.29, 1.82) is 0 Å². The first-order chi connectivity index (χ1) is 7.59. The summed E-state index contributed by atoms with van der Waals surface area (Å²) >= 11 is 0. The zero-order valence-electron chi connectivity index (χ0n) is 10.4. The molecule has 0 saturated heterocycles. The summed E-state index contributed by atoms with van der Waals surface area (Å²) in [6.07, 6.45) is 0. The fourth-order valence-corrected chi connectivity index (χ4v) is 1.85. The highest BCUT2D eigenvalue weighted by Gasteiger charge is 2.07. The summed E-state index contributed by atoms with van der Waals surface area (Å²) in [5.74, 6) is 0. The number of nitrogen functional groups attached to an aromatic ring is 2. The molecule has 18 heavy (non-hydrogen) atoms. The molecule has 0 aromatic heterocycles. The van der Waals surface area contributed by atoms with Crippen LogP contribution in [0.5, 0.6) is 0 Å². The topological polar surface area (TPSA) is 52.0 Å². The average molecular weight is 285 g/mol. The van der Waals surface area contributed by atoms with Crippen molar-refractivity contribution in [3.63, 3.8) is 0 Å². The van der Waals surface area contributed by atoms with Gasteiger partial charge in [-0.1, -0.05) is 18.2 Å². The number of hydrogen-bond donors (Lipinski definition) is 2. The minimum Gasteiger partial charge on any atom is -0.399 e. The van der Waals surface area contributed by atoms with Crippen molar-refractivity contribution in [2.45, 2.75) is 13.8 Å². The standard InChI is InChI=1S/C14H16N2.2ClH/c1-9-4-3-5-12(10(9)2)13-8-11(15)6-7-14(13)16;;/h3-8H,15-16H2,1-2H3;2*1H. The van der Waals surface area contributed by atoms with Crippen molar-refractivity contribution in [2.75, 3.05) is 11.5 Å². The Labute approximate surface area is 120 Å². The predicted molar refractivity (Wildman–Crippen MR) is 84.7 cm³/mol. The molecule has 0 spiro atoms. The molecule has 2 rings (SSSR count). The van der Waals surface area contributed by atoms with Crippen LogP contribution in [-0.2, 0) is 0 Å². The van der Waals surface area contributed by atoms with Gasteiger partial charge in [-0.25, -0.2) is 0 Å². The van der Waals surface area contributed by atoms with E-state index in [4.69, 9.17) is 11.5 Å². The first-order valence-electron chi connectivity index (χ1n) is 5.31. The Bertz CT molecular complexity index is 539. The molecule has 4 heteroatoms. The summed E-state index contributed by atoms with van der Waals surface area (Å²) < 4.78 is 0. The van der Waals surface area contributed by atoms with Gasteiger partial charge in [-0.15, -0.1) is 24.8 Å². The Morgan fingerprint density at radius 3 is 2.17 bits per heavy atom. The molecule has 4 N–H and O–H groups in total. The minimum absolute atomic E-state index is 0. The van der Waals surface area contributed by atoms with Crippen molar-refractivity contribution >= 4 is 36.2 Å². The van der Waals surface area contributed by atoms with Gasteiger partial charge in [-0.3, -0.25) is 0 Å². The summed E-state index contributed by atoms with van der Waals surface area (Å²) in [7, 11) is 0. The Hall–Kier alpha value is -1.38. The van der Waals surface area contributed by atoms with Crippen molar-refractivity contribution in [1.82, 2.24) is 0 Å². The van der Waals surface area contributed by atoms with Crippen LogP contribution in [0, 0.1) is 13.8 Å². The van der Waals surface area contributed by atoms with E-state index < -0.39 is 0 Å². The highest BCUT2D eigenvalue weighted by atomic mass is 35.5. The second-order valence-electron chi connectivity index (χ2n) is 4.09. The van der Waals surface area contributed by atoms with Crippen LogP contribution >= 0.6 is 24.8 Å². The minimum atomic E-state index is 0. The van der Waals surface area contributed by atoms with Gasteiger partial charge in [0.05, 0.1) is 0 Å². The number of anilines is 2. The molecule has 0 saturated carbocycles. The van der Waals surface area contributed by atoms with Gasteiger partial charge in [0.25, 0.3) is 0 Å². The number of aryl methyl sites for hydroxylation is 1. The molecule has 0 atom stereocenters. The van der Waals surface area contributed by atoms with Crippen molar-refractivity contribution in [2.24, 2.45) is 0 Å². The van der Waals surface area contributed by atoms with Crippen LogP contribution in [0.25, 0.3) is 11.1 Å².